The number of benzene rings is 1. The first-order chi connectivity index (χ1) is 6.74. The molecule has 0 bridgehead atoms. The maximum Gasteiger partial charge on any atom is 0.122 e. The molecular formula is C9H8BrIN2O. The third kappa shape index (κ3) is 1.75. The molecule has 0 aliphatic carbocycles. The first-order valence-corrected chi connectivity index (χ1v) is 6.22. The van der Waals surface area contributed by atoms with Crippen LogP contribution in [0.25, 0.3) is 11.0 Å². The molecule has 1 heterocycles. The molecule has 2 rings (SSSR count). The van der Waals surface area contributed by atoms with E-state index in [1.807, 2.05) is 12.1 Å². The zero-order valence-electron chi connectivity index (χ0n) is 7.47. The second-order valence-corrected chi connectivity index (χ2v) is 4.55. The van der Waals surface area contributed by atoms with Gasteiger partial charge in [0.1, 0.15) is 17.1 Å². The molecule has 74 valence electrons. The molecule has 0 fully saturated rings. The predicted molar refractivity (Wildman–Crippen MR) is 68.0 cm³/mol. The molecule has 0 radical (unpaired) electrons. The average Bonchev–Trinajstić information content (AvgIpc) is 2.61. The van der Waals surface area contributed by atoms with E-state index in [-0.39, 0.29) is 0 Å². The lowest BCUT2D eigenvalue weighted by atomic mass is 10.3. The molecule has 0 unspecified atom stereocenters. The largest absolute Gasteiger partial charge is 0.497 e. The predicted octanol–water partition coefficient (Wildman–Crippen LogP) is 3.07. The van der Waals surface area contributed by atoms with Crippen LogP contribution in [0.2, 0.25) is 0 Å². The van der Waals surface area contributed by atoms with Gasteiger partial charge in [-0.2, -0.15) is 0 Å². The molecule has 1 aromatic carbocycles. The summed E-state index contributed by atoms with van der Waals surface area (Å²) in [6, 6.07) is 3.93. The second kappa shape index (κ2) is 4.06. The van der Waals surface area contributed by atoms with Gasteiger partial charge >= 0.3 is 0 Å². The quantitative estimate of drug-likeness (QED) is 0.655. The lowest BCUT2D eigenvalue weighted by Crippen LogP contribution is -1.84. The number of halogens is 2. The summed E-state index contributed by atoms with van der Waals surface area (Å²) in [6.07, 6.45) is 0. The van der Waals surface area contributed by atoms with Crippen LogP contribution in [0.3, 0.4) is 0 Å². The maximum absolute atomic E-state index is 5.18. The van der Waals surface area contributed by atoms with Crippen molar-refractivity contribution in [3.8, 4) is 5.75 Å². The van der Waals surface area contributed by atoms with E-state index in [0.29, 0.717) is 0 Å². The Morgan fingerprint density at radius 3 is 3.00 bits per heavy atom. The van der Waals surface area contributed by atoms with E-state index in [1.165, 1.54) is 0 Å². The number of alkyl halides is 1. The fourth-order valence-electron chi connectivity index (χ4n) is 1.28. The molecule has 5 heteroatoms. The molecule has 0 saturated carbocycles. The van der Waals surface area contributed by atoms with Crippen molar-refractivity contribution in [1.82, 2.24) is 9.97 Å². The monoisotopic (exact) mass is 366 g/mol. The Hall–Kier alpha value is -0.300. The van der Waals surface area contributed by atoms with Gasteiger partial charge in [0, 0.05) is 9.64 Å². The molecule has 1 N–H and O–H groups in total. The van der Waals surface area contributed by atoms with E-state index in [4.69, 9.17) is 4.74 Å². The number of methoxy groups -OCH3 is 1. The Morgan fingerprint density at radius 2 is 2.36 bits per heavy atom. The lowest BCUT2D eigenvalue weighted by molar-refractivity contribution is 0.415. The smallest absolute Gasteiger partial charge is 0.122 e. The zero-order chi connectivity index (χ0) is 10.1. The first-order valence-electron chi connectivity index (χ1n) is 4.02. The van der Waals surface area contributed by atoms with Crippen molar-refractivity contribution in [3.05, 3.63) is 21.5 Å². The van der Waals surface area contributed by atoms with Gasteiger partial charge in [0.15, 0.2) is 0 Å². The van der Waals surface area contributed by atoms with E-state index < -0.39 is 0 Å². The topological polar surface area (TPSA) is 37.9 Å². The number of rotatable bonds is 2. The SMILES string of the molecule is COc1cc(I)c2nc(CBr)[nH]c2c1. The van der Waals surface area contributed by atoms with E-state index in [1.54, 1.807) is 7.11 Å². The summed E-state index contributed by atoms with van der Waals surface area (Å²) in [6.45, 7) is 0. The molecule has 0 spiro atoms. The molecule has 3 nitrogen and oxygen atoms in total. The molecule has 1 aromatic heterocycles. The minimum absolute atomic E-state index is 0.736. The number of ether oxygens (including phenoxy) is 1. The van der Waals surface area contributed by atoms with Gasteiger partial charge in [-0.3, -0.25) is 0 Å². The van der Waals surface area contributed by atoms with Gasteiger partial charge in [0.25, 0.3) is 0 Å². The second-order valence-electron chi connectivity index (χ2n) is 2.82. The summed E-state index contributed by atoms with van der Waals surface area (Å²) in [7, 11) is 1.67. The third-order valence-corrected chi connectivity index (χ3v) is 3.28. The van der Waals surface area contributed by atoms with E-state index in [2.05, 4.69) is 48.5 Å². The molecule has 0 saturated heterocycles. The standard InChI is InChI=1S/C9H8BrIN2O/c1-14-5-2-6(11)9-7(3-5)12-8(4-10)13-9/h2-3H,4H2,1H3,(H,12,13). The van der Waals surface area contributed by atoms with Crippen LogP contribution in [0.4, 0.5) is 0 Å². The molecule has 0 aliphatic rings. The number of aromatic amines is 1. The van der Waals surface area contributed by atoms with E-state index >= 15 is 0 Å². The average molecular weight is 367 g/mol. The Labute approximate surface area is 104 Å². The van der Waals surface area contributed by atoms with Crippen molar-refractivity contribution < 1.29 is 4.74 Å². The third-order valence-electron chi connectivity index (χ3n) is 1.92. The molecule has 2 aromatic rings. The molecule has 14 heavy (non-hydrogen) atoms. The van der Waals surface area contributed by atoms with Crippen molar-refractivity contribution in [1.29, 1.82) is 0 Å². The van der Waals surface area contributed by atoms with Gasteiger partial charge in [-0.1, -0.05) is 15.9 Å². The van der Waals surface area contributed by atoms with Crippen LogP contribution >= 0.6 is 38.5 Å². The Kier molecular flexibility index (Phi) is 2.96. The van der Waals surface area contributed by atoms with Gasteiger partial charge in [0.2, 0.25) is 0 Å². The van der Waals surface area contributed by atoms with Gasteiger partial charge in [-0.05, 0) is 28.7 Å². The van der Waals surface area contributed by atoms with Crippen LogP contribution in [0.5, 0.6) is 5.75 Å². The summed E-state index contributed by atoms with van der Waals surface area (Å²) in [4.78, 5) is 7.66. The van der Waals surface area contributed by atoms with Crippen LogP contribution in [0, 0.1) is 3.57 Å². The van der Waals surface area contributed by atoms with Crippen LogP contribution < -0.4 is 4.74 Å². The summed E-state index contributed by atoms with van der Waals surface area (Å²) in [5, 5.41) is 0.736. The number of hydrogen-bond donors (Lipinski definition) is 1. The summed E-state index contributed by atoms with van der Waals surface area (Å²) in [5.74, 6) is 1.79. The fourth-order valence-corrected chi connectivity index (χ4v) is 2.27. The normalized spacial score (nSPS) is 10.8. The number of hydrogen-bond acceptors (Lipinski definition) is 2. The van der Waals surface area contributed by atoms with Gasteiger partial charge in [-0.15, -0.1) is 0 Å². The highest BCUT2D eigenvalue weighted by Crippen LogP contribution is 2.25. The van der Waals surface area contributed by atoms with Crippen molar-refractivity contribution in [2.45, 2.75) is 5.33 Å². The highest BCUT2D eigenvalue weighted by molar-refractivity contribution is 14.1. The van der Waals surface area contributed by atoms with Crippen LogP contribution in [0.1, 0.15) is 5.82 Å². The Morgan fingerprint density at radius 1 is 1.57 bits per heavy atom. The highest BCUT2D eigenvalue weighted by Gasteiger charge is 2.07. The number of aromatic nitrogens is 2. The number of imidazole rings is 1. The minimum atomic E-state index is 0.736. The zero-order valence-corrected chi connectivity index (χ0v) is 11.2. The van der Waals surface area contributed by atoms with E-state index in [0.717, 1.165) is 31.5 Å². The fraction of sp³-hybridized carbons (Fsp3) is 0.222. The lowest BCUT2D eigenvalue weighted by Gasteiger charge is -1.99. The Balaban J connectivity index is 2.67. The van der Waals surface area contributed by atoms with Gasteiger partial charge < -0.3 is 9.72 Å². The first kappa shape index (κ1) is 10.2. The number of nitrogens with one attached hydrogen (secondary N) is 1. The maximum atomic E-state index is 5.18. The van der Waals surface area contributed by atoms with E-state index in [9.17, 15) is 0 Å². The molecule has 0 atom stereocenters. The van der Waals surface area contributed by atoms with Crippen LogP contribution in [-0.2, 0) is 5.33 Å². The summed E-state index contributed by atoms with van der Waals surface area (Å²) in [5.41, 5.74) is 2.02. The summed E-state index contributed by atoms with van der Waals surface area (Å²) < 4.78 is 6.28. The number of fused-ring (bicyclic) bond motifs is 1. The van der Waals surface area contributed by atoms with Crippen molar-refractivity contribution in [2.75, 3.05) is 7.11 Å². The number of nitrogens with zero attached hydrogens (tertiary/aromatic N) is 1. The van der Waals surface area contributed by atoms with Crippen LogP contribution in [-0.4, -0.2) is 17.1 Å². The minimum Gasteiger partial charge on any atom is -0.497 e. The van der Waals surface area contributed by atoms with Crippen molar-refractivity contribution in [2.24, 2.45) is 0 Å². The highest BCUT2D eigenvalue weighted by atomic mass is 127. The van der Waals surface area contributed by atoms with Gasteiger partial charge in [-0.25, -0.2) is 4.98 Å². The Bertz CT molecular complexity index is 469. The van der Waals surface area contributed by atoms with Crippen molar-refractivity contribution >= 4 is 49.6 Å². The molecule has 0 amide bonds. The number of H-pyrrole nitrogens is 1. The van der Waals surface area contributed by atoms with Crippen molar-refractivity contribution in [3.63, 3.8) is 0 Å². The van der Waals surface area contributed by atoms with Crippen LogP contribution in [0.15, 0.2) is 12.1 Å². The summed E-state index contributed by atoms with van der Waals surface area (Å²) >= 11 is 5.63. The van der Waals surface area contributed by atoms with Gasteiger partial charge in [0.05, 0.1) is 18.0 Å². The molecule has 0 aliphatic heterocycles. The molecular weight excluding hydrogens is 359 g/mol.